The molecule has 0 spiro atoms. The van der Waals surface area contributed by atoms with Crippen molar-refractivity contribution in [2.75, 3.05) is 21.3 Å². The molecular formula is C10H21NO3Si. The van der Waals surface area contributed by atoms with Gasteiger partial charge in [0.2, 0.25) is 0 Å². The van der Waals surface area contributed by atoms with Crippen molar-refractivity contribution in [3.8, 4) is 6.07 Å². The van der Waals surface area contributed by atoms with Crippen LogP contribution in [0, 0.1) is 17.2 Å². The molecule has 4 nitrogen and oxygen atoms in total. The van der Waals surface area contributed by atoms with Crippen LogP contribution in [0.2, 0.25) is 5.54 Å². The Morgan fingerprint density at radius 1 is 1.07 bits per heavy atom. The van der Waals surface area contributed by atoms with E-state index in [4.69, 9.17) is 18.5 Å². The topological polar surface area (TPSA) is 51.5 Å². The van der Waals surface area contributed by atoms with Gasteiger partial charge >= 0.3 is 8.80 Å². The number of hydrogen-bond donors (Lipinski definition) is 0. The number of hydrogen-bond acceptors (Lipinski definition) is 4. The van der Waals surface area contributed by atoms with Crippen LogP contribution >= 0.6 is 0 Å². The van der Waals surface area contributed by atoms with Crippen molar-refractivity contribution >= 4 is 8.80 Å². The lowest BCUT2D eigenvalue weighted by Gasteiger charge is -2.30. The summed E-state index contributed by atoms with van der Waals surface area (Å²) in [6, 6.07) is 2.22. The minimum atomic E-state index is -2.51. The molecule has 2 atom stereocenters. The van der Waals surface area contributed by atoms with Gasteiger partial charge in [0.15, 0.2) is 0 Å². The highest BCUT2D eigenvalue weighted by atomic mass is 28.4. The summed E-state index contributed by atoms with van der Waals surface area (Å²) >= 11 is 0. The van der Waals surface area contributed by atoms with Crippen LogP contribution in [0.1, 0.15) is 26.7 Å². The van der Waals surface area contributed by atoms with Gasteiger partial charge in [-0.2, -0.15) is 5.26 Å². The standard InChI is InChI=1S/C10H21NO3Si/c1-9(8-11)6-7-10(2)15(12-3,13-4)14-5/h9-10H,6-7H2,1-5H3. The first kappa shape index (κ1) is 14.6. The molecule has 0 fully saturated rings. The molecule has 0 aromatic heterocycles. The van der Waals surface area contributed by atoms with Gasteiger partial charge in [0.25, 0.3) is 0 Å². The zero-order valence-corrected chi connectivity index (χ0v) is 11.2. The monoisotopic (exact) mass is 231 g/mol. The first-order valence-corrected chi connectivity index (χ1v) is 6.91. The van der Waals surface area contributed by atoms with E-state index >= 15 is 0 Å². The van der Waals surface area contributed by atoms with Crippen molar-refractivity contribution in [2.24, 2.45) is 5.92 Å². The minimum Gasteiger partial charge on any atom is -0.377 e. The van der Waals surface area contributed by atoms with Gasteiger partial charge in [0.05, 0.1) is 6.07 Å². The van der Waals surface area contributed by atoms with Gasteiger partial charge in [-0.05, 0) is 19.8 Å². The zero-order chi connectivity index (χ0) is 11.9. The highest BCUT2D eigenvalue weighted by Crippen LogP contribution is 2.29. The molecule has 0 aliphatic carbocycles. The number of nitriles is 1. The van der Waals surface area contributed by atoms with Crippen molar-refractivity contribution in [2.45, 2.75) is 32.2 Å². The van der Waals surface area contributed by atoms with Crippen LogP contribution in [0.4, 0.5) is 0 Å². The predicted octanol–water partition coefficient (Wildman–Crippen LogP) is 2.19. The van der Waals surface area contributed by atoms with Crippen molar-refractivity contribution in [1.29, 1.82) is 5.26 Å². The van der Waals surface area contributed by atoms with Crippen LogP contribution in [-0.4, -0.2) is 30.1 Å². The maximum atomic E-state index is 8.69. The summed E-state index contributed by atoms with van der Waals surface area (Å²) in [5.74, 6) is 0.0738. The molecule has 0 aliphatic heterocycles. The van der Waals surface area contributed by atoms with E-state index in [1.807, 2.05) is 13.8 Å². The van der Waals surface area contributed by atoms with Crippen LogP contribution in [0.5, 0.6) is 0 Å². The van der Waals surface area contributed by atoms with Gasteiger partial charge in [-0.15, -0.1) is 0 Å². The quantitative estimate of drug-likeness (QED) is 0.630. The smallest absolute Gasteiger partial charge is 0.377 e. The SMILES string of the molecule is CO[Si](OC)(OC)C(C)CCC(C)C#N. The van der Waals surface area contributed by atoms with E-state index < -0.39 is 8.80 Å². The third-order valence-corrected chi connectivity index (χ3v) is 5.91. The summed E-state index contributed by atoms with van der Waals surface area (Å²) in [4.78, 5) is 0. The highest BCUT2D eigenvalue weighted by molar-refractivity contribution is 6.62. The molecule has 0 aromatic carbocycles. The third-order valence-electron chi connectivity index (χ3n) is 2.71. The average molecular weight is 231 g/mol. The highest BCUT2D eigenvalue weighted by Gasteiger charge is 2.44. The molecule has 0 aliphatic rings. The van der Waals surface area contributed by atoms with E-state index in [0.717, 1.165) is 12.8 Å². The first-order valence-electron chi connectivity index (χ1n) is 5.11. The third kappa shape index (κ3) is 3.91. The van der Waals surface area contributed by atoms with Gasteiger partial charge in [-0.25, -0.2) is 0 Å². The van der Waals surface area contributed by atoms with Crippen molar-refractivity contribution in [1.82, 2.24) is 0 Å². The lowest BCUT2D eigenvalue weighted by molar-refractivity contribution is 0.111. The maximum Gasteiger partial charge on any atom is 0.503 e. The van der Waals surface area contributed by atoms with E-state index in [2.05, 4.69) is 6.07 Å². The Kier molecular flexibility index (Phi) is 6.77. The molecule has 0 amide bonds. The van der Waals surface area contributed by atoms with Gasteiger partial charge in [-0.1, -0.05) is 6.92 Å². The predicted molar refractivity (Wildman–Crippen MR) is 60.2 cm³/mol. The molecule has 0 saturated heterocycles. The minimum absolute atomic E-state index is 0.0738. The van der Waals surface area contributed by atoms with E-state index in [0.29, 0.717) is 0 Å². The molecule has 88 valence electrons. The summed E-state index contributed by atoms with van der Waals surface area (Å²) < 4.78 is 16.1. The van der Waals surface area contributed by atoms with Crippen LogP contribution in [-0.2, 0) is 13.3 Å². The number of nitrogens with zero attached hydrogens (tertiary/aromatic N) is 1. The van der Waals surface area contributed by atoms with Gasteiger partial charge in [-0.3, -0.25) is 0 Å². The lowest BCUT2D eigenvalue weighted by Crippen LogP contribution is -2.46. The van der Waals surface area contributed by atoms with Gasteiger partial charge < -0.3 is 13.3 Å². The molecule has 15 heavy (non-hydrogen) atoms. The normalized spacial score (nSPS) is 15.7. The lowest BCUT2D eigenvalue weighted by atomic mass is 10.1. The maximum absolute atomic E-state index is 8.69. The van der Waals surface area contributed by atoms with Crippen LogP contribution in [0.3, 0.4) is 0 Å². The largest absolute Gasteiger partial charge is 0.503 e. The van der Waals surface area contributed by atoms with Crippen LogP contribution < -0.4 is 0 Å². The van der Waals surface area contributed by atoms with Gasteiger partial charge in [0.1, 0.15) is 0 Å². The van der Waals surface area contributed by atoms with Crippen molar-refractivity contribution in [3.63, 3.8) is 0 Å². The zero-order valence-electron chi connectivity index (χ0n) is 10.2. The molecule has 0 radical (unpaired) electrons. The molecule has 0 saturated carbocycles. The fourth-order valence-corrected chi connectivity index (χ4v) is 3.82. The van der Waals surface area contributed by atoms with Crippen molar-refractivity contribution < 1.29 is 13.3 Å². The molecule has 0 rings (SSSR count). The first-order chi connectivity index (χ1) is 7.06. The summed E-state index contributed by atoms with van der Waals surface area (Å²) in [5.41, 5.74) is 0.216. The average Bonchev–Trinajstić information content (AvgIpc) is 2.28. The summed E-state index contributed by atoms with van der Waals surface area (Å²) in [5, 5.41) is 8.69. The van der Waals surface area contributed by atoms with E-state index in [1.165, 1.54) is 0 Å². The summed E-state index contributed by atoms with van der Waals surface area (Å²) in [7, 11) is 2.33. The molecule has 0 bridgehead atoms. The molecule has 5 heteroatoms. The second kappa shape index (κ2) is 6.96. The Balaban J connectivity index is 4.27. The molecule has 0 N–H and O–H groups in total. The summed E-state index contributed by atoms with van der Waals surface area (Å²) in [6.45, 7) is 3.97. The van der Waals surface area contributed by atoms with Gasteiger partial charge in [0, 0.05) is 32.8 Å². The fraction of sp³-hybridized carbons (Fsp3) is 0.900. The molecule has 0 heterocycles. The number of rotatable bonds is 7. The molecule has 2 unspecified atom stereocenters. The second-order valence-corrected chi connectivity index (χ2v) is 7.14. The van der Waals surface area contributed by atoms with Crippen molar-refractivity contribution in [3.05, 3.63) is 0 Å². The van der Waals surface area contributed by atoms with E-state index in [9.17, 15) is 0 Å². The Morgan fingerprint density at radius 2 is 1.53 bits per heavy atom. The summed E-state index contributed by atoms with van der Waals surface area (Å²) in [6.07, 6.45) is 1.74. The van der Waals surface area contributed by atoms with E-state index in [-0.39, 0.29) is 11.5 Å². The Hall–Kier alpha value is -0.413. The Labute approximate surface area is 93.5 Å². The van der Waals surface area contributed by atoms with E-state index in [1.54, 1.807) is 21.3 Å². The Bertz CT molecular complexity index is 205. The van der Waals surface area contributed by atoms with Crippen LogP contribution in [0.25, 0.3) is 0 Å². The van der Waals surface area contributed by atoms with Crippen LogP contribution in [0.15, 0.2) is 0 Å². The Morgan fingerprint density at radius 3 is 1.87 bits per heavy atom. The molecular weight excluding hydrogens is 210 g/mol. The molecule has 0 aromatic rings. The second-order valence-electron chi connectivity index (χ2n) is 3.72. The fourth-order valence-electron chi connectivity index (χ4n) is 1.59.